The number of nitrogens with zero attached hydrogens (tertiary/aromatic N) is 2. The number of anilines is 1. The predicted octanol–water partition coefficient (Wildman–Crippen LogP) is 0.0371. The Morgan fingerprint density at radius 3 is 2.78 bits per heavy atom. The fourth-order valence-electron chi connectivity index (χ4n) is 1.87. The predicted molar refractivity (Wildman–Crippen MR) is 67.2 cm³/mol. The summed E-state index contributed by atoms with van der Waals surface area (Å²) in [4.78, 5) is 11.6. The average Bonchev–Trinajstić information content (AvgIpc) is 2.71. The van der Waals surface area contributed by atoms with E-state index in [0.717, 1.165) is 5.69 Å². The van der Waals surface area contributed by atoms with Crippen LogP contribution in [0, 0.1) is 6.92 Å². The number of aromatic nitrogens is 2. The summed E-state index contributed by atoms with van der Waals surface area (Å²) in [5.74, 6) is 0.607. The zero-order valence-corrected chi connectivity index (χ0v) is 11.1. The quantitative estimate of drug-likeness (QED) is 0.794. The number of carbonyl (C=O) groups excluding carboxylic acids is 1. The van der Waals surface area contributed by atoms with Gasteiger partial charge in [0.15, 0.2) is 15.7 Å². The third kappa shape index (κ3) is 3.00. The lowest BCUT2D eigenvalue weighted by molar-refractivity contribution is 0.249. The van der Waals surface area contributed by atoms with E-state index in [1.165, 1.54) is 0 Å². The van der Waals surface area contributed by atoms with Crippen LogP contribution in [0.1, 0.15) is 12.1 Å². The van der Waals surface area contributed by atoms with Crippen LogP contribution in [0.5, 0.6) is 0 Å². The van der Waals surface area contributed by atoms with Crippen LogP contribution in [-0.2, 0) is 16.9 Å². The number of carbonyl (C=O) groups is 1. The molecular formula is C10H16N4O3S. The zero-order chi connectivity index (χ0) is 13.3. The highest BCUT2D eigenvalue weighted by molar-refractivity contribution is 7.91. The van der Waals surface area contributed by atoms with Crippen molar-refractivity contribution in [3.8, 4) is 0 Å². The first kappa shape index (κ1) is 12.9. The molecular weight excluding hydrogens is 256 g/mol. The van der Waals surface area contributed by atoms with E-state index in [2.05, 4.69) is 15.7 Å². The summed E-state index contributed by atoms with van der Waals surface area (Å²) < 4.78 is 24.1. The van der Waals surface area contributed by atoms with Gasteiger partial charge < -0.3 is 5.32 Å². The third-order valence-electron chi connectivity index (χ3n) is 2.92. The molecule has 2 rings (SSSR count). The Hall–Kier alpha value is -1.57. The standard InChI is InChI=1S/C10H16N4O3S/c1-7-5-9(13-14(7)2)12-10(15)11-8-3-4-18(16,17)6-8/h5,8H,3-4,6H2,1-2H3,(H2,11,12,13,15). The van der Waals surface area contributed by atoms with Crippen LogP contribution in [-0.4, -0.2) is 41.8 Å². The molecule has 1 aromatic rings. The van der Waals surface area contributed by atoms with Gasteiger partial charge in [0.25, 0.3) is 0 Å². The number of hydrogen-bond donors (Lipinski definition) is 2. The van der Waals surface area contributed by atoms with Crippen LogP contribution in [0.2, 0.25) is 0 Å². The Labute approximate surface area is 105 Å². The molecule has 0 radical (unpaired) electrons. The molecule has 1 aliphatic rings. The zero-order valence-electron chi connectivity index (χ0n) is 10.3. The molecule has 2 heterocycles. The van der Waals surface area contributed by atoms with Gasteiger partial charge in [0.2, 0.25) is 0 Å². The topological polar surface area (TPSA) is 93.1 Å². The van der Waals surface area contributed by atoms with Crippen molar-refractivity contribution in [2.45, 2.75) is 19.4 Å². The van der Waals surface area contributed by atoms with Crippen molar-refractivity contribution in [3.63, 3.8) is 0 Å². The Morgan fingerprint density at radius 1 is 1.56 bits per heavy atom. The lowest BCUT2D eigenvalue weighted by atomic mass is 10.3. The summed E-state index contributed by atoms with van der Waals surface area (Å²) in [6, 6.07) is 1.01. The van der Waals surface area contributed by atoms with Crippen LogP contribution in [0.3, 0.4) is 0 Å². The number of amides is 2. The first-order valence-electron chi connectivity index (χ1n) is 5.64. The normalized spacial score (nSPS) is 21.8. The lowest BCUT2D eigenvalue weighted by Gasteiger charge is -2.10. The summed E-state index contributed by atoms with van der Waals surface area (Å²) in [7, 11) is -1.20. The highest BCUT2D eigenvalue weighted by Crippen LogP contribution is 2.12. The molecule has 2 N–H and O–H groups in total. The lowest BCUT2D eigenvalue weighted by Crippen LogP contribution is -2.38. The molecule has 100 valence electrons. The van der Waals surface area contributed by atoms with Crippen molar-refractivity contribution in [1.29, 1.82) is 0 Å². The van der Waals surface area contributed by atoms with Crippen molar-refractivity contribution in [2.24, 2.45) is 7.05 Å². The van der Waals surface area contributed by atoms with Gasteiger partial charge in [0, 0.05) is 24.8 Å². The smallest absolute Gasteiger partial charge is 0.320 e. The number of aryl methyl sites for hydroxylation is 2. The van der Waals surface area contributed by atoms with Crippen molar-refractivity contribution in [2.75, 3.05) is 16.8 Å². The largest absolute Gasteiger partial charge is 0.334 e. The summed E-state index contributed by atoms with van der Waals surface area (Å²) >= 11 is 0. The highest BCUT2D eigenvalue weighted by atomic mass is 32.2. The maximum absolute atomic E-state index is 11.6. The number of sulfone groups is 1. The second-order valence-corrected chi connectivity index (χ2v) is 6.72. The second kappa shape index (κ2) is 4.60. The van der Waals surface area contributed by atoms with E-state index in [9.17, 15) is 13.2 Å². The molecule has 0 spiro atoms. The van der Waals surface area contributed by atoms with Crippen LogP contribution >= 0.6 is 0 Å². The summed E-state index contributed by atoms with van der Waals surface area (Å²) in [5, 5.41) is 9.29. The van der Waals surface area contributed by atoms with E-state index >= 15 is 0 Å². The summed E-state index contributed by atoms with van der Waals surface area (Å²) in [6.45, 7) is 1.87. The first-order valence-corrected chi connectivity index (χ1v) is 7.46. The molecule has 0 aromatic carbocycles. The van der Waals surface area contributed by atoms with Crippen LogP contribution in [0.25, 0.3) is 0 Å². The molecule has 1 unspecified atom stereocenters. The maximum atomic E-state index is 11.6. The average molecular weight is 272 g/mol. The first-order chi connectivity index (χ1) is 8.35. The van der Waals surface area contributed by atoms with Gasteiger partial charge in [0.1, 0.15) is 0 Å². The maximum Gasteiger partial charge on any atom is 0.320 e. The monoisotopic (exact) mass is 272 g/mol. The van der Waals surface area contributed by atoms with Crippen LogP contribution in [0.15, 0.2) is 6.07 Å². The van der Waals surface area contributed by atoms with E-state index in [1.807, 2.05) is 6.92 Å². The Balaban J connectivity index is 1.90. The van der Waals surface area contributed by atoms with Gasteiger partial charge in [-0.1, -0.05) is 0 Å². The van der Waals surface area contributed by atoms with E-state index in [1.54, 1.807) is 17.8 Å². The third-order valence-corrected chi connectivity index (χ3v) is 4.69. The summed E-state index contributed by atoms with van der Waals surface area (Å²) in [6.07, 6.45) is 0.469. The van der Waals surface area contributed by atoms with Gasteiger partial charge in [-0.2, -0.15) is 5.10 Å². The Kier molecular flexibility index (Phi) is 3.29. The molecule has 2 amide bonds. The minimum atomic E-state index is -2.98. The number of rotatable bonds is 2. The molecule has 1 atom stereocenters. The molecule has 1 aliphatic heterocycles. The van der Waals surface area contributed by atoms with Gasteiger partial charge in [-0.3, -0.25) is 10.00 Å². The molecule has 0 bridgehead atoms. The Bertz CT molecular complexity index is 544. The van der Waals surface area contributed by atoms with Crippen molar-refractivity contribution >= 4 is 21.7 Å². The van der Waals surface area contributed by atoms with Gasteiger partial charge >= 0.3 is 6.03 Å². The minimum Gasteiger partial charge on any atom is -0.334 e. The second-order valence-electron chi connectivity index (χ2n) is 4.49. The van der Waals surface area contributed by atoms with Crippen LogP contribution in [0.4, 0.5) is 10.6 Å². The fourth-order valence-corrected chi connectivity index (χ4v) is 3.54. The molecule has 18 heavy (non-hydrogen) atoms. The van der Waals surface area contributed by atoms with Crippen molar-refractivity contribution < 1.29 is 13.2 Å². The van der Waals surface area contributed by atoms with Gasteiger partial charge in [-0.25, -0.2) is 13.2 Å². The van der Waals surface area contributed by atoms with E-state index in [0.29, 0.717) is 12.2 Å². The van der Waals surface area contributed by atoms with Gasteiger partial charge in [0.05, 0.1) is 11.5 Å². The molecule has 8 heteroatoms. The van der Waals surface area contributed by atoms with E-state index in [-0.39, 0.29) is 17.5 Å². The molecule has 0 aliphatic carbocycles. The molecule has 1 saturated heterocycles. The summed E-state index contributed by atoms with van der Waals surface area (Å²) in [5.41, 5.74) is 0.925. The van der Waals surface area contributed by atoms with Crippen molar-refractivity contribution in [1.82, 2.24) is 15.1 Å². The molecule has 0 saturated carbocycles. The van der Waals surface area contributed by atoms with Crippen LogP contribution < -0.4 is 10.6 Å². The van der Waals surface area contributed by atoms with E-state index < -0.39 is 15.9 Å². The molecule has 1 aromatic heterocycles. The minimum absolute atomic E-state index is 0.0155. The fraction of sp³-hybridized carbons (Fsp3) is 0.600. The number of nitrogens with one attached hydrogen (secondary N) is 2. The SMILES string of the molecule is Cc1cc(NC(=O)NC2CCS(=O)(=O)C2)nn1C. The van der Waals surface area contributed by atoms with Gasteiger partial charge in [-0.05, 0) is 13.3 Å². The molecule has 7 nitrogen and oxygen atoms in total. The highest BCUT2D eigenvalue weighted by Gasteiger charge is 2.28. The van der Waals surface area contributed by atoms with Gasteiger partial charge in [-0.15, -0.1) is 0 Å². The number of urea groups is 1. The number of hydrogen-bond acceptors (Lipinski definition) is 4. The Morgan fingerprint density at radius 2 is 2.28 bits per heavy atom. The van der Waals surface area contributed by atoms with E-state index in [4.69, 9.17) is 0 Å². The molecule has 1 fully saturated rings. The van der Waals surface area contributed by atoms with Crippen molar-refractivity contribution in [3.05, 3.63) is 11.8 Å².